The number of hydrogen-bond acceptors (Lipinski definition) is 4. The zero-order chi connectivity index (χ0) is 15.4. The van der Waals surface area contributed by atoms with Gasteiger partial charge in [0.2, 0.25) is 0 Å². The van der Waals surface area contributed by atoms with Gasteiger partial charge in [-0.15, -0.1) is 0 Å². The Bertz CT molecular complexity index is 688. The molecule has 0 saturated carbocycles. The molecular weight excluding hydrogens is 264 g/mol. The highest BCUT2D eigenvalue weighted by Gasteiger charge is 2.13. The van der Waals surface area contributed by atoms with Gasteiger partial charge in [-0.25, -0.2) is 0 Å². The quantitative estimate of drug-likeness (QED) is 0.929. The SMILES string of the molecule is CCc1nc(C)ccc1Oc1cc(C#N)ccc1C(C)O. The van der Waals surface area contributed by atoms with Crippen molar-refractivity contribution in [1.29, 1.82) is 5.26 Å². The van der Waals surface area contributed by atoms with Crippen molar-refractivity contribution in [2.24, 2.45) is 0 Å². The third-order valence-corrected chi connectivity index (χ3v) is 3.22. The lowest BCUT2D eigenvalue weighted by molar-refractivity contribution is 0.195. The summed E-state index contributed by atoms with van der Waals surface area (Å²) >= 11 is 0. The molecule has 0 fully saturated rings. The van der Waals surface area contributed by atoms with Crippen LogP contribution in [0.1, 0.15) is 42.5 Å². The number of nitriles is 1. The predicted octanol–water partition coefficient (Wildman–Crippen LogP) is 3.67. The van der Waals surface area contributed by atoms with Crippen molar-refractivity contribution < 1.29 is 9.84 Å². The largest absolute Gasteiger partial charge is 0.455 e. The number of benzene rings is 1. The molecule has 1 unspecified atom stereocenters. The minimum atomic E-state index is -0.670. The zero-order valence-corrected chi connectivity index (χ0v) is 12.4. The molecule has 0 aliphatic heterocycles. The lowest BCUT2D eigenvalue weighted by atomic mass is 10.1. The molecule has 0 spiro atoms. The summed E-state index contributed by atoms with van der Waals surface area (Å²) in [4.78, 5) is 4.45. The number of rotatable bonds is 4. The summed E-state index contributed by atoms with van der Waals surface area (Å²) in [5.74, 6) is 1.14. The minimum Gasteiger partial charge on any atom is -0.455 e. The van der Waals surface area contributed by atoms with E-state index in [4.69, 9.17) is 10.00 Å². The molecule has 108 valence electrons. The molecule has 4 heteroatoms. The van der Waals surface area contributed by atoms with Gasteiger partial charge in [0.1, 0.15) is 11.5 Å². The topological polar surface area (TPSA) is 66.1 Å². The summed E-state index contributed by atoms with van der Waals surface area (Å²) in [6.07, 6.45) is 0.0788. The summed E-state index contributed by atoms with van der Waals surface area (Å²) < 4.78 is 5.92. The van der Waals surface area contributed by atoms with Gasteiger partial charge in [0.15, 0.2) is 0 Å². The van der Waals surface area contributed by atoms with Gasteiger partial charge in [0.25, 0.3) is 0 Å². The fourth-order valence-corrected chi connectivity index (χ4v) is 2.10. The van der Waals surface area contributed by atoms with Crippen LogP contribution in [-0.4, -0.2) is 10.1 Å². The van der Waals surface area contributed by atoms with E-state index in [1.165, 1.54) is 0 Å². The van der Waals surface area contributed by atoms with Gasteiger partial charge in [-0.3, -0.25) is 4.98 Å². The Morgan fingerprint density at radius 2 is 2.05 bits per heavy atom. The highest BCUT2D eigenvalue weighted by atomic mass is 16.5. The molecule has 1 atom stereocenters. The predicted molar refractivity (Wildman–Crippen MR) is 80.2 cm³/mol. The summed E-state index contributed by atoms with van der Waals surface area (Å²) in [5, 5.41) is 18.9. The van der Waals surface area contributed by atoms with Crippen LogP contribution >= 0.6 is 0 Å². The third kappa shape index (κ3) is 3.39. The summed E-state index contributed by atoms with van der Waals surface area (Å²) in [7, 11) is 0. The fourth-order valence-electron chi connectivity index (χ4n) is 2.10. The Kier molecular flexibility index (Phi) is 4.56. The van der Waals surface area contributed by atoms with Crippen molar-refractivity contribution in [3.63, 3.8) is 0 Å². The zero-order valence-electron chi connectivity index (χ0n) is 12.4. The van der Waals surface area contributed by atoms with Crippen molar-refractivity contribution in [3.8, 4) is 17.6 Å². The van der Waals surface area contributed by atoms with Crippen LogP contribution in [0, 0.1) is 18.3 Å². The van der Waals surface area contributed by atoms with E-state index in [0.717, 1.165) is 17.8 Å². The molecule has 0 saturated heterocycles. The molecule has 0 aliphatic rings. The van der Waals surface area contributed by atoms with E-state index in [1.54, 1.807) is 25.1 Å². The van der Waals surface area contributed by atoms with Gasteiger partial charge in [0.05, 0.1) is 23.4 Å². The third-order valence-electron chi connectivity index (χ3n) is 3.22. The summed E-state index contributed by atoms with van der Waals surface area (Å²) in [6, 6.07) is 10.9. The molecule has 21 heavy (non-hydrogen) atoms. The van der Waals surface area contributed by atoms with E-state index in [-0.39, 0.29) is 0 Å². The highest BCUT2D eigenvalue weighted by Crippen LogP contribution is 2.32. The molecular formula is C17H18N2O2. The Hall–Kier alpha value is -2.38. The van der Waals surface area contributed by atoms with Gasteiger partial charge in [0, 0.05) is 11.3 Å². The Morgan fingerprint density at radius 3 is 2.67 bits per heavy atom. The van der Waals surface area contributed by atoms with Crippen LogP contribution in [0.3, 0.4) is 0 Å². The highest BCUT2D eigenvalue weighted by molar-refractivity contribution is 5.46. The minimum absolute atomic E-state index is 0.490. The second-order valence-corrected chi connectivity index (χ2v) is 4.89. The van der Waals surface area contributed by atoms with E-state index in [2.05, 4.69) is 11.1 Å². The van der Waals surface area contributed by atoms with Crippen molar-refractivity contribution in [2.75, 3.05) is 0 Å². The first-order chi connectivity index (χ1) is 10.0. The van der Waals surface area contributed by atoms with Crippen LogP contribution in [0.4, 0.5) is 0 Å². The number of aliphatic hydroxyl groups is 1. The molecule has 0 radical (unpaired) electrons. The van der Waals surface area contributed by atoms with Crippen LogP contribution < -0.4 is 4.74 Å². The smallest absolute Gasteiger partial charge is 0.148 e. The van der Waals surface area contributed by atoms with Crippen LogP contribution in [0.25, 0.3) is 0 Å². The fraction of sp³-hybridized carbons (Fsp3) is 0.294. The first kappa shape index (κ1) is 15.0. The van der Waals surface area contributed by atoms with Crippen molar-refractivity contribution in [1.82, 2.24) is 4.98 Å². The molecule has 0 amide bonds. The first-order valence-corrected chi connectivity index (χ1v) is 6.91. The van der Waals surface area contributed by atoms with Gasteiger partial charge in [-0.2, -0.15) is 5.26 Å². The maximum Gasteiger partial charge on any atom is 0.148 e. The van der Waals surface area contributed by atoms with Crippen molar-refractivity contribution >= 4 is 0 Å². The molecule has 4 nitrogen and oxygen atoms in total. The van der Waals surface area contributed by atoms with Gasteiger partial charge in [-0.05, 0) is 44.5 Å². The standard InChI is InChI=1S/C17H18N2O2/c1-4-15-16(8-5-11(2)19-15)21-17-9-13(10-18)6-7-14(17)12(3)20/h5-9,12,20H,4H2,1-3H3. The number of aromatic nitrogens is 1. The molecule has 2 aromatic rings. The van der Waals surface area contributed by atoms with E-state index >= 15 is 0 Å². The Morgan fingerprint density at radius 1 is 1.29 bits per heavy atom. The number of nitrogens with zero attached hydrogens (tertiary/aromatic N) is 2. The normalized spacial score (nSPS) is 11.8. The van der Waals surface area contributed by atoms with Crippen LogP contribution in [-0.2, 0) is 6.42 Å². The van der Waals surface area contributed by atoms with Crippen molar-refractivity contribution in [2.45, 2.75) is 33.3 Å². The van der Waals surface area contributed by atoms with Gasteiger partial charge < -0.3 is 9.84 Å². The molecule has 1 aromatic heterocycles. The average molecular weight is 282 g/mol. The second kappa shape index (κ2) is 6.38. The Balaban J connectivity index is 2.45. The van der Waals surface area contributed by atoms with Gasteiger partial charge in [-0.1, -0.05) is 13.0 Å². The van der Waals surface area contributed by atoms with Crippen LogP contribution in [0.2, 0.25) is 0 Å². The average Bonchev–Trinajstić information content (AvgIpc) is 2.48. The number of aryl methyl sites for hydroxylation is 2. The molecule has 1 aromatic carbocycles. The lowest BCUT2D eigenvalue weighted by Gasteiger charge is -2.15. The number of pyridine rings is 1. The molecule has 2 rings (SSSR count). The molecule has 0 aliphatic carbocycles. The number of hydrogen-bond donors (Lipinski definition) is 1. The van der Waals surface area contributed by atoms with E-state index in [9.17, 15) is 5.11 Å². The summed E-state index contributed by atoms with van der Waals surface area (Å²) in [5.41, 5.74) is 2.93. The second-order valence-electron chi connectivity index (χ2n) is 4.89. The summed E-state index contributed by atoms with van der Waals surface area (Å²) in [6.45, 7) is 5.61. The molecule has 1 N–H and O–H groups in total. The Labute approximate surface area is 124 Å². The lowest BCUT2D eigenvalue weighted by Crippen LogP contribution is -2.00. The van der Waals surface area contributed by atoms with Crippen LogP contribution in [0.5, 0.6) is 11.5 Å². The number of ether oxygens (including phenoxy) is 1. The maximum absolute atomic E-state index is 9.84. The van der Waals surface area contributed by atoms with Crippen LogP contribution in [0.15, 0.2) is 30.3 Å². The molecule has 0 bridgehead atoms. The monoisotopic (exact) mass is 282 g/mol. The van der Waals surface area contributed by atoms with Gasteiger partial charge >= 0.3 is 0 Å². The molecule has 1 heterocycles. The van der Waals surface area contributed by atoms with E-state index in [1.807, 2.05) is 26.0 Å². The number of aliphatic hydroxyl groups excluding tert-OH is 1. The first-order valence-electron chi connectivity index (χ1n) is 6.91. The van der Waals surface area contributed by atoms with E-state index in [0.29, 0.717) is 22.6 Å². The van der Waals surface area contributed by atoms with E-state index < -0.39 is 6.10 Å². The maximum atomic E-state index is 9.84. The van der Waals surface area contributed by atoms with Crippen molar-refractivity contribution in [3.05, 3.63) is 52.8 Å².